The van der Waals surface area contributed by atoms with Crippen LogP contribution in [0.1, 0.15) is 69.3 Å². The molecule has 1 heteroatoms. The number of rotatable bonds is 4. The Morgan fingerprint density at radius 2 is 1.40 bits per heavy atom. The molecular weight excluding hydrogens is 182 g/mol. The fourth-order valence-electron chi connectivity index (χ4n) is 1.64. The molecule has 1 aromatic rings. The average Bonchev–Trinajstić information content (AvgIpc) is 2.26. The highest BCUT2D eigenvalue weighted by Crippen LogP contribution is 2.23. The lowest BCUT2D eigenvalue weighted by Crippen LogP contribution is -2.03. The third-order valence-corrected chi connectivity index (χ3v) is 3.24. The molecular formula is C14H23N. The number of nitrogens with zero attached hydrogens (tertiary/aromatic N) is 1. The molecule has 0 aromatic carbocycles. The van der Waals surface area contributed by atoms with E-state index in [1.165, 1.54) is 17.0 Å². The zero-order chi connectivity index (χ0) is 11.4. The first kappa shape index (κ1) is 12.2. The van der Waals surface area contributed by atoms with Crippen LogP contribution in [-0.2, 0) is 0 Å². The molecule has 1 rings (SSSR count). The van der Waals surface area contributed by atoms with Gasteiger partial charge in [-0.3, -0.25) is 4.98 Å². The fourth-order valence-corrected chi connectivity index (χ4v) is 1.64. The predicted octanol–water partition coefficient (Wildman–Crippen LogP) is 4.42. The molecule has 15 heavy (non-hydrogen) atoms. The number of hydrogen-bond acceptors (Lipinski definition) is 1. The third-order valence-electron chi connectivity index (χ3n) is 3.24. The Labute approximate surface area is 93.9 Å². The molecule has 0 fully saturated rings. The van der Waals surface area contributed by atoms with E-state index in [0.29, 0.717) is 11.8 Å². The lowest BCUT2D eigenvalue weighted by Gasteiger charge is -2.14. The lowest BCUT2D eigenvalue weighted by molar-refractivity contribution is 0.665. The molecule has 0 saturated carbocycles. The molecule has 1 aromatic heterocycles. The molecule has 0 saturated heterocycles. The van der Waals surface area contributed by atoms with Crippen molar-refractivity contribution in [3.05, 3.63) is 29.1 Å². The molecule has 0 aliphatic heterocycles. The maximum Gasteiger partial charge on any atom is 0.0437 e. The van der Waals surface area contributed by atoms with Gasteiger partial charge >= 0.3 is 0 Å². The van der Waals surface area contributed by atoms with E-state index >= 15 is 0 Å². The quantitative estimate of drug-likeness (QED) is 0.709. The van der Waals surface area contributed by atoms with Crippen molar-refractivity contribution >= 4 is 0 Å². The normalized spacial score (nSPS) is 15.0. The number of aromatic nitrogens is 1. The van der Waals surface area contributed by atoms with Gasteiger partial charge in [0.25, 0.3) is 0 Å². The van der Waals surface area contributed by atoms with Crippen LogP contribution in [0.15, 0.2) is 12.1 Å². The van der Waals surface area contributed by atoms with Crippen LogP contribution < -0.4 is 0 Å². The highest BCUT2D eigenvalue weighted by atomic mass is 14.7. The molecule has 84 valence electrons. The van der Waals surface area contributed by atoms with E-state index in [4.69, 9.17) is 4.98 Å². The second-order valence-corrected chi connectivity index (χ2v) is 4.61. The van der Waals surface area contributed by atoms with E-state index in [0.717, 1.165) is 12.8 Å². The van der Waals surface area contributed by atoms with Crippen molar-refractivity contribution in [1.29, 1.82) is 0 Å². The van der Waals surface area contributed by atoms with E-state index in [2.05, 4.69) is 46.8 Å². The average molecular weight is 205 g/mol. The topological polar surface area (TPSA) is 12.9 Å². The van der Waals surface area contributed by atoms with Crippen LogP contribution in [0.4, 0.5) is 0 Å². The summed E-state index contributed by atoms with van der Waals surface area (Å²) in [5, 5.41) is 0. The zero-order valence-corrected chi connectivity index (χ0v) is 10.7. The Morgan fingerprint density at radius 3 is 1.73 bits per heavy atom. The van der Waals surface area contributed by atoms with E-state index in [1.54, 1.807) is 0 Å². The highest BCUT2D eigenvalue weighted by molar-refractivity contribution is 5.24. The van der Waals surface area contributed by atoms with E-state index < -0.39 is 0 Å². The smallest absolute Gasteiger partial charge is 0.0437 e. The largest absolute Gasteiger partial charge is 0.257 e. The molecule has 0 bridgehead atoms. The molecule has 0 aliphatic carbocycles. The Bertz CT molecular complexity index is 289. The minimum absolute atomic E-state index is 0.577. The Balaban J connectivity index is 3.04. The van der Waals surface area contributed by atoms with Gasteiger partial charge in [-0.15, -0.1) is 0 Å². The summed E-state index contributed by atoms with van der Waals surface area (Å²) in [4.78, 5) is 4.78. The fraction of sp³-hybridized carbons (Fsp3) is 0.643. The summed E-state index contributed by atoms with van der Waals surface area (Å²) >= 11 is 0. The highest BCUT2D eigenvalue weighted by Gasteiger charge is 2.10. The Hall–Kier alpha value is -0.850. The van der Waals surface area contributed by atoms with Crippen molar-refractivity contribution in [3.8, 4) is 0 Å². The lowest BCUT2D eigenvalue weighted by atomic mass is 9.98. The molecule has 2 atom stereocenters. The summed E-state index contributed by atoms with van der Waals surface area (Å²) in [5.74, 6) is 1.15. The second kappa shape index (κ2) is 5.29. The predicted molar refractivity (Wildman–Crippen MR) is 66.4 cm³/mol. The summed E-state index contributed by atoms with van der Waals surface area (Å²) in [6, 6.07) is 4.44. The van der Waals surface area contributed by atoms with Crippen LogP contribution in [-0.4, -0.2) is 4.98 Å². The van der Waals surface area contributed by atoms with Crippen molar-refractivity contribution in [2.24, 2.45) is 0 Å². The van der Waals surface area contributed by atoms with Gasteiger partial charge in [0.15, 0.2) is 0 Å². The van der Waals surface area contributed by atoms with Crippen molar-refractivity contribution < 1.29 is 0 Å². The second-order valence-electron chi connectivity index (χ2n) is 4.61. The van der Waals surface area contributed by atoms with Gasteiger partial charge in [0, 0.05) is 11.4 Å². The number of hydrogen-bond donors (Lipinski definition) is 0. The van der Waals surface area contributed by atoms with Gasteiger partial charge in [-0.2, -0.15) is 0 Å². The van der Waals surface area contributed by atoms with Gasteiger partial charge in [-0.25, -0.2) is 0 Å². The van der Waals surface area contributed by atoms with E-state index in [1.807, 2.05) is 0 Å². The minimum Gasteiger partial charge on any atom is -0.257 e. The van der Waals surface area contributed by atoms with Crippen molar-refractivity contribution in [2.45, 2.75) is 59.3 Å². The first-order chi connectivity index (χ1) is 7.08. The van der Waals surface area contributed by atoms with Crippen LogP contribution >= 0.6 is 0 Å². The van der Waals surface area contributed by atoms with Crippen molar-refractivity contribution in [3.63, 3.8) is 0 Å². The monoisotopic (exact) mass is 205 g/mol. The first-order valence-electron chi connectivity index (χ1n) is 6.06. The maximum absolute atomic E-state index is 4.78. The SMILES string of the molecule is CC[C@@H](C)c1cc(C)cc([C@H](C)CC)n1. The van der Waals surface area contributed by atoms with Crippen molar-refractivity contribution in [2.75, 3.05) is 0 Å². The van der Waals surface area contributed by atoms with Crippen LogP contribution in [0.5, 0.6) is 0 Å². The van der Waals surface area contributed by atoms with Gasteiger partial charge in [-0.05, 0) is 49.3 Å². The summed E-state index contributed by atoms with van der Waals surface area (Å²) in [6.45, 7) is 11.1. The Kier molecular flexibility index (Phi) is 4.31. The van der Waals surface area contributed by atoms with Gasteiger partial charge in [0.1, 0.15) is 0 Å². The van der Waals surface area contributed by atoms with Crippen molar-refractivity contribution in [1.82, 2.24) is 4.98 Å². The zero-order valence-electron chi connectivity index (χ0n) is 10.7. The Morgan fingerprint density at radius 1 is 1.00 bits per heavy atom. The molecule has 0 unspecified atom stereocenters. The summed E-state index contributed by atoms with van der Waals surface area (Å²) in [5.41, 5.74) is 3.86. The van der Waals surface area contributed by atoms with Crippen LogP contribution in [0, 0.1) is 6.92 Å². The number of pyridine rings is 1. The van der Waals surface area contributed by atoms with E-state index in [9.17, 15) is 0 Å². The minimum atomic E-state index is 0.577. The van der Waals surface area contributed by atoms with Gasteiger partial charge in [0.05, 0.1) is 0 Å². The summed E-state index contributed by atoms with van der Waals surface area (Å²) < 4.78 is 0. The summed E-state index contributed by atoms with van der Waals surface area (Å²) in [6.07, 6.45) is 2.33. The molecule has 0 N–H and O–H groups in total. The molecule has 0 amide bonds. The molecule has 0 radical (unpaired) electrons. The first-order valence-corrected chi connectivity index (χ1v) is 6.06. The molecule has 0 aliphatic rings. The van der Waals surface area contributed by atoms with Gasteiger partial charge in [-0.1, -0.05) is 27.7 Å². The van der Waals surface area contributed by atoms with Crippen LogP contribution in [0.3, 0.4) is 0 Å². The number of aryl methyl sites for hydroxylation is 1. The van der Waals surface area contributed by atoms with Crippen LogP contribution in [0.2, 0.25) is 0 Å². The van der Waals surface area contributed by atoms with Gasteiger partial charge < -0.3 is 0 Å². The van der Waals surface area contributed by atoms with Gasteiger partial charge in [0.2, 0.25) is 0 Å². The third kappa shape index (κ3) is 3.05. The standard InChI is InChI=1S/C14H23N/c1-6-11(4)13-8-10(3)9-14(15-13)12(5)7-2/h8-9,11-12H,6-7H2,1-5H3/t11-,12-/m1/s1. The molecule has 1 nitrogen and oxygen atoms in total. The molecule has 0 spiro atoms. The summed E-state index contributed by atoms with van der Waals surface area (Å²) in [7, 11) is 0. The van der Waals surface area contributed by atoms with Crippen LogP contribution in [0.25, 0.3) is 0 Å². The van der Waals surface area contributed by atoms with E-state index in [-0.39, 0.29) is 0 Å². The molecule has 1 heterocycles. The maximum atomic E-state index is 4.78.